The van der Waals surface area contributed by atoms with Gasteiger partial charge in [0.2, 0.25) is 0 Å². The predicted molar refractivity (Wildman–Crippen MR) is 208 cm³/mol. The first kappa shape index (κ1) is 28.3. The monoisotopic (exact) mass is 629 g/mol. The molecule has 48 heavy (non-hydrogen) atoms. The average molecular weight is 630 g/mol. The lowest BCUT2D eigenvalue weighted by Gasteiger charge is -2.30. The number of thiophene rings is 1. The first-order chi connectivity index (χ1) is 23.8. The average Bonchev–Trinajstić information content (AvgIpc) is 3.55. The lowest BCUT2D eigenvalue weighted by atomic mass is 9.95. The molecule has 1 nitrogen and oxygen atoms in total. The summed E-state index contributed by atoms with van der Waals surface area (Å²) in [7, 11) is 0. The fourth-order valence-electron chi connectivity index (χ4n) is 6.96. The Labute approximate surface area is 284 Å². The van der Waals surface area contributed by atoms with Crippen LogP contribution in [0.3, 0.4) is 0 Å². The van der Waals surface area contributed by atoms with Crippen LogP contribution in [0.25, 0.3) is 64.3 Å². The minimum absolute atomic E-state index is 1.11. The third-order valence-electron chi connectivity index (χ3n) is 9.27. The molecule has 0 atom stereocenters. The molecule has 0 aliphatic heterocycles. The van der Waals surface area contributed by atoms with Gasteiger partial charge in [-0.2, -0.15) is 0 Å². The molecule has 0 spiro atoms. The molecule has 8 aromatic carbocycles. The van der Waals surface area contributed by atoms with E-state index in [9.17, 15) is 0 Å². The van der Waals surface area contributed by atoms with E-state index in [1.54, 1.807) is 0 Å². The van der Waals surface area contributed by atoms with Crippen molar-refractivity contribution >= 4 is 59.3 Å². The van der Waals surface area contributed by atoms with Gasteiger partial charge < -0.3 is 4.90 Å². The van der Waals surface area contributed by atoms with Crippen molar-refractivity contribution in [3.63, 3.8) is 0 Å². The summed E-state index contributed by atoms with van der Waals surface area (Å²) >= 11 is 1.88. The van der Waals surface area contributed by atoms with Crippen LogP contribution >= 0.6 is 11.3 Å². The van der Waals surface area contributed by atoms with E-state index in [4.69, 9.17) is 0 Å². The van der Waals surface area contributed by atoms with Crippen molar-refractivity contribution in [1.29, 1.82) is 0 Å². The SMILES string of the molecule is c1ccc(-c2ccc(N(c3ccccc3-c3ccccc3)c3ccc4c(sc5ccccc54)c3-c3ccc4ccccc4c3)cc2)cc1. The summed E-state index contributed by atoms with van der Waals surface area (Å²) in [5.41, 5.74) is 10.6. The van der Waals surface area contributed by atoms with Gasteiger partial charge in [-0.05, 0) is 69.4 Å². The zero-order valence-electron chi connectivity index (χ0n) is 26.3. The topological polar surface area (TPSA) is 3.24 Å². The Balaban J connectivity index is 1.35. The summed E-state index contributed by atoms with van der Waals surface area (Å²) in [5.74, 6) is 0. The van der Waals surface area contributed by atoms with E-state index >= 15 is 0 Å². The molecule has 0 amide bonds. The van der Waals surface area contributed by atoms with Crippen LogP contribution in [0, 0.1) is 0 Å². The molecule has 0 unspecified atom stereocenters. The number of benzene rings is 8. The zero-order chi connectivity index (χ0) is 31.9. The van der Waals surface area contributed by atoms with Gasteiger partial charge in [0.05, 0.1) is 11.4 Å². The van der Waals surface area contributed by atoms with E-state index in [1.807, 2.05) is 11.3 Å². The Hall–Kier alpha value is -5.96. The van der Waals surface area contributed by atoms with E-state index in [0.29, 0.717) is 0 Å². The molecular formula is C46H31NS. The summed E-state index contributed by atoms with van der Waals surface area (Å²) in [6.45, 7) is 0. The Morgan fingerprint density at radius 2 is 1.00 bits per heavy atom. The number of nitrogens with zero attached hydrogens (tertiary/aromatic N) is 1. The van der Waals surface area contributed by atoms with Gasteiger partial charge in [0.15, 0.2) is 0 Å². The van der Waals surface area contributed by atoms with Gasteiger partial charge in [0.1, 0.15) is 0 Å². The van der Waals surface area contributed by atoms with Crippen molar-refractivity contribution in [2.75, 3.05) is 4.90 Å². The summed E-state index contributed by atoms with van der Waals surface area (Å²) in [4.78, 5) is 2.46. The molecule has 0 bridgehead atoms. The van der Waals surface area contributed by atoms with Gasteiger partial charge in [0.25, 0.3) is 0 Å². The summed E-state index contributed by atoms with van der Waals surface area (Å²) in [6, 6.07) is 68.2. The Morgan fingerprint density at radius 3 is 1.81 bits per heavy atom. The second-order valence-corrected chi connectivity index (χ2v) is 13.2. The van der Waals surface area contributed by atoms with E-state index in [1.165, 1.54) is 64.3 Å². The predicted octanol–water partition coefficient (Wildman–Crippen LogP) is 13.7. The fraction of sp³-hybridized carbons (Fsp3) is 0. The van der Waals surface area contributed by atoms with Crippen LogP contribution < -0.4 is 4.90 Å². The smallest absolute Gasteiger partial charge is 0.0554 e. The van der Waals surface area contributed by atoms with Gasteiger partial charge in [-0.1, -0.05) is 152 Å². The van der Waals surface area contributed by atoms with Crippen molar-refractivity contribution in [3.05, 3.63) is 188 Å². The van der Waals surface area contributed by atoms with E-state index in [-0.39, 0.29) is 0 Å². The highest BCUT2D eigenvalue weighted by molar-refractivity contribution is 7.26. The summed E-state index contributed by atoms with van der Waals surface area (Å²) in [6.07, 6.45) is 0. The molecule has 0 saturated heterocycles. The fourth-order valence-corrected chi connectivity index (χ4v) is 8.23. The molecule has 0 saturated carbocycles. The normalized spacial score (nSPS) is 11.3. The molecule has 0 aliphatic rings. The highest BCUT2D eigenvalue weighted by atomic mass is 32.1. The minimum atomic E-state index is 1.11. The van der Waals surface area contributed by atoms with E-state index in [2.05, 4.69) is 193 Å². The van der Waals surface area contributed by atoms with Crippen LogP contribution in [0.15, 0.2) is 188 Å². The van der Waals surface area contributed by atoms with Crippen LogP contribution in [0.1, 0.15) is 0 Å². The van der Waals surface area contributed by atoms with Crippen molar-refractivity contribution in [2.24, 2.45) is 0 Å². The van der Waals surface area contributed by atoms with Crippen LogP contribution in [-0.4, -0.2) is 0 Å². The molecule has 226 valence electrons. The van der Waals surface area contributed by atoms with E-state index < -0.39 is 0 Å². The maximum absolute atomic E-state index is 2.46. The molecule has 0 fully saturated rings. The van der Waals surface area contributed by atoms with Crippen molar-refractivity contribution in [3.8, 4) is 33.4 Å². The van der Waals surface area contributed by atoms with Crippen molar-refractivity contribution in [1.82, 2.24) is 0 Å². The number of hydrogen-bond acceptors (Lipinski definition) is 2. The Morgan fingerprint density at radius 1 is 0.375 bits per heavy atom. The van der Waals surface area contributed by atoms with Crippen LogP contribution in [-0.2, 0) is 0 Å². The second kappa shape index (κ2) is 12.0. The largest absolute Gasteiger partial charge is 0.309 e. The second-order valence-electron chi connectivity index (χ2n) is 12.1. The van der Waals surface area contributed by atoms with Gasteiger partial charge in [-0.15, -0.1) is 11.3 Å². The number of fused-ring (bicyclic) bond motifs is 4. The van der Waals surface area contributed by atoms with Gasteiger partial charge >= 0.3 is 0 Å². The Bertz CT molecular complexity index is 2550. The first-order valence-corrected chi connectivity index (χ1v) is 17.2. The number of hydrogen-bond donors (Lipinski definition) is 0. The van der Waals surface area contributed by atoms with Gasteiger partial charge in [0, 0.05) is 37.0 Å². The molecule has 9 rings (SSSR count). The molecule has 1 aromatic heterocycles. The molecule has 2 heteroatoms. The standard InChI is InChI=1S/C46H31NS/c1-3-13-32(14-4-1)34-25-27-38(28-26-34)47(42-21-11-9-19-39(42)35-16-5-2-6-17-35)43-30-29-41-40-20-10-12-22-44(40)48-46(41)45(43)37-24-23-33-15-7-8-18-36(33)31-37/h1-31H. The molecule has 9 aromatic rings. The molecule has 0 radical (unpaired) electrons. The number of rotatable bonds is 6. The molecule has 1 heterocycles. The summed E-state index contributed by atoms with van der Waals surface area (Å²) in [5, 5.41) is 5.07. The minimum Gasteiger partial charge on any atom is -0.309 e. The number of para-hydroxylation sites is 1. The highest BCUT2D eigenvalue weighted by Gasteiger charge is 2.23. The first-order valence-electron chi connectivity index (χ1n) is 16.4. The van der Waals surface area contributed by atoms with Crippen LogP contribution in [0.5, 0.6) is 0 Å². The van der Waals surface area contributed by atoms with Gasteiger partial charge in [-0.3, -0.25) is 0 Å². The van der Waals surface area contributed by atoms with E-state index in [0.717, 1.165) is 17.1 Å². The van der Waals surface area contributed by atoms with Gasteiger partial charge in [-0.25, -0.2) is 0 Å². The Kier molecular flexibility index (Phi) is 7.07. The lowest BCUT2D eigenvalue weighted by molar-refractivity contribution is 1.29. The quantitative estimate of drug-likeness (QED) is 0.177. The third-order valence-corrected chi connectivity index (χ3v) is 10.5. The zero-order valence-corrected chi connectivity index (χ0v) is 27.1. The number of anilines is 3. The lowest BCUT2D eigenvalue weighted by Crippen LogP contribution is -2.12. The maximum Gasteiger partial charge on any atom is 0.0554 e. The third kappa shape index (κ3) is 4.95. The highest BCUT2D eigenvalue weighted by Crippen LogP contribution is 2.50. The van der Waals surface area contributed by atoms with Crippen LogP contribution in [0.2, 0.25) is 0 Å². The summed E-state index contributed by atoms with van der Waals surface area (Å²) < 4.78 is 2.60. The molecular weight excluding hydrogens is 599 g/mol. The van der Waals surface area contributed by atoms with Crippen molar-refractivity contribution in [2.45, 2.75) is 0 Å². The molecule has 0 N–H and O–H groups in total. The molecule has 0 aliphatic carbocycles. The van der Waals surface area contributed by atoms with Crippen molar-refractivity contribution < 1.29 is 0 Å². The maximum atomic E-state index is 2.46. The van der Waals surface area contributed by atoms with Crippen LogP contribution in [0.4, 0.5) is 17.1 Å².